The maximum Gasteiger partial charge on any atom is 0.285 e. The Labute approximate surface area is 192 Å². The molecule has 2 amide bonds. The molecule has 1 heterocycles. The molecule has 0 aliphatic heterocycles. The van der Waals surface area contributed by atoms with Gasteiger partial charge in [0.15, 0.2) is 5.16 Å². The van der Waals surface area contributed by atoms with Crippen molar-refractivity contribution in [3.8, 4) is 0 Å². The van der Waals surface area contributed by atoms with Crippen LogP contribution in [0, 0.1) is 17.0 Å². The Morgan fingerprint density at radius 1 is 1.00 bits per heavy atom. The number of thioether (sulfide) groups is 1. The van der Waals surface area contributed by atoms with Gasteiger partial charge in [-0.25, -0.2) is 4.98 Å². The van der Waals surface area contributed by atoms with Crippen molar-refractivity contribution in [3.63, 3.8) is 0 Å². The summed E-state index contributed by atoms with van der Waals surface area (Å²) in [7, 11) is 0. The highest BCUT2D eigenvalue weighted by Gasteiger charge is 2.22. The van der Waals surface area contributed by atoms with Gasteiger partial charge in [-0.05, 0) is 42.8 Å². The van der Waals surface area contributed by atoms with Gasteiger partial charge in [0.25, 0.3) is 17.5 Å². The largest absolute Gasteiger partial charge is 0.333 e. The highest BCUT2D eigenvalue weighted by atomic mass is 32.2. The Hall–Kier alpha value is -4.18. The normalized spacial score (nSPS) is 10.7. The van der Waals surface area contributed by atoms with Gasteiger partial charge in [-0.2, -0.15) is 0 Å². The first-order valence-corrected chi connectivity index (χ1v) is 10.9. The number of fused-ring (bicyclic) bond motifs is 1. The number of nitro groups is 1. The maximum atomic E-state index is 12.4. The molecule has 1 aromatic heterocycles. The fraction of sp³-hybridized carbons (Fsp3) is 0.0870. The second kappa shape index (κ2) is 9.53. The summed E-state index contributed by atoms with van der Waals surface area (Å²) < 4.78 is 0. The molecular weight excluding hydrogens is 442 g/mol. The average molecular weight is 462 g/mol. The first-order chi connectivity index (χ1) is 15.9. The number of para-hydroxylation sites is 3. The van der Waals surface area contributed by atoms with Crippen molar-refractivity contribution in [3.05, 3.63) is 99.1 Å². The fourth-order valence-corrected chi connectivity index (χ4v) is 4.08. The molecule has 0 unspecified atom stereocenters. The van der Waals surface area contributed by atoms with Crippen LogP contribution in [0.5, 0.6) is 0 Å². The van der Waals surface area contributed by atoms with Crippen LogP contribution in [0.2, 0.25) is 0 Å². The number of amides is 2. The van der Waals surface area contributed by atoms with Crippen molar-refractivity contribution in [2.24, 2.45) is 0 Å². The maximum absolute atomic E-state index is 12.4. The minimum Gasteiger partial charge on any atom is -0.333 e. The zero-order chi connectivity index (χ0) is 23.4. The number of nitrogens with one attached hydrogen (secondary N) is 3. The predicted molar refractivity (Wildman–Crippen MR) is 125 cm³/mol. The van der Waals surface area contributed by atoms with Gasteiger partial charge in [0.1, 0.15) is 5.56 Å². The average Bonchev–Trinajstić information content (AvgIpc) is 3.24. The molecule has 0 saturated heterocycles. The molecule has 10 heteroatoms. The molecule has 33 heavy (non-hydrogen) atoms. The van der Waals surface area contributed by atoms with Crippen LogP contribution < -0.4 is 10.9 Å². The summed E-state index contributed by atoms with van der Waals surface area (Å²) in [6.07, 6.45) is 0. The Balaban J connectivity index is 1.34. The van der Waals surface area contributed by atoms with Gasteiger partial charge in [0, 0.05) is 16.9 Å². The summed E-state index contributed by atoms with van der Waals surface area (Å²) in [4.78, 5) is 43.2. The lowest BCUT2D eigenvalue weighted by Crippen LogP contribution is -2.41. The number of hydrogen-bond donors (Lipinski definition) is 3. The number of aromatic amines is 1. The van der Waals surface area contributed by atoms with Crippen LogP contribution in [0.4, 0.5) is 5.69 Å². The van der Waals surface area contributed by atoms with E-state index in [1.807, 2.05) is 36.4 Å². The molecule has 9 nitrogen and oxygen atoms in total. The zero-order valence-electron chi connectivity index (χ0n) is 17.5. The van der Waals surface area contributed by atoms with E-state index >= 15 is 0 Å². The molecule has 0 aliphatic rings. The molecule has 0 fully saturated rings. The van der Waals surface area contributed by atoms with E-state index < -0.39 is 16.7 Å². The molecule has 0 saturated carbocycles. The number of carbonyl (C=O) groups excluding carboxylic acids is 2. The lowest BCUT2D eigenvalue weighted by Gasteiger charge is -2.09. The van der Waals surface area contributed by atoms with E-state index in [1.54, 1.807) is 43.0 Å². The number of H-pyrrole nitrogens is 1. The van der Waals surface area contributed by atoms with Crippen molar-refractivity contribution in [2.45, 2.75) is 17.8 Å². The van der Waals surface area contributed by atoms with Crippen LogP contribution in [0.1, 0.15) is 31.8 Å². The summed E-state index contributed by atoms with van der Waals surface area (Å²) in [5, 5.41) is 12.1. The first-order valence-electron chi connectivity index (χ1n) is 9.93. The first kappa shape index (κ1) is 22.0. The third-order valence-corrected chi connectivity index (χ3v) is 5.86. The van der Waals surface area contributed by atoms with E-state index in [4.69, 9.17) is 0 Å². The molecule has 0 atom stereocenters. The number of hydrazine groups is 1. The molecule has 0 radical (unpaired) electrons. The van der Waals surface area contributed by atoms with Gasteiger partial charge < -0.3 is 4.98 Å². The van der Waals surface area contributed by atoms with Crippen LogP contribution in [0.25, 0.3) is 11.0 Å². The van der Waals surface area contributed by atoms with E-state index in [0.29, 0.717) is 16.9 Å². The molecule has 4 rings (SSSR count). The Morgan fingerprint density at radius 2 is 1.73 bits per heavy atom. The topological polar surface area (TPSA) is 130 Å². The van der Waals surface area contributed by atoms with Gasteiger partial charge >= 0.3 is 0 Å². The van der Waals surface area contributed by atoms with Gasteiger partial charge in [0.2, 0.25) is 0 Å². The van der Waals surface area contributed by atoms with Crippen LogP contribution in [0.15, 0.2) is 71.9 Å². The smallest absolute Gasteiger partial charge is 0.285 e. The van der Waals surface area contributed by atoms with E-state index in [2.05, 4.69) is 20.8 Å². The predicted octanol–water partition coefficient (Wildman–Crippen LogP) is 4.15. The summed E-state index contributed by atoms with van der Waals surface area (Å²) in [5.74, 6) is -0.636. The van der Waals surface area contributed by atoms with Crippen LogP contribution in [0.3, 0.4) is 0 Å². The summed E-state index contributed by atoms with van der Waals surface area (Å²) in [6.45, 7) is 1.54. The number of imidazole rings is 1. The molecule has 0 bridgehead atoms. The van der Waals surface area contributed by atoms with E-state index in [0.717, 1.165) is 21.8 Å². The summed E-state index contributed by atoms with van der Waals surface area (Å²) >= 11 is 1.55. The summed E-state index contributed by atoms with van der Waals surface area (Å²) in [5.41, 5.74) is 7.68. The fourth-order valence-electron chi connectivity index (χ4n) is 3.24. The summed E-state index contributed by atoms with van der Waals surface area (Å²) in [6, 6.07) is 19.1. The molecule has 0 aliphatic carbocycles. The minimum absolute atomic E-state index is 0.127. The number of nitrogens with zero attached hydrogens (tertiary/aromatic N) is 2. The highest BCUT2D eigenvalue weighted by molar-refractivity contribution is 7.98. The highest BCUT2D eigenvalue weighted by Crippen LogP contribution is 2.24. The van der Waals surface area contributed by atoms with Gasteiger partial charge in [-0.15, -0.1) is 0 Å². The van der Waals surface area contributed by atoms with Crippen molar-refractivity contribution in [2.75, 3.05) is 0 Å². The lowest BCUT2D eigenvalue weighted by atomic mass is 10.1. The number of aromatic nitrogens is 2. The van der Waals surface area contributed by atoms with Crippen molar-refractivity contribution < 1.29 is 14.5 Å². The van der Waals surface area contributed by atoms with E-state index in [9.17, 15) is 19.7 Å². The van der Waals surface area contributed by atoms with Gasteiger partial charge in [-0.3, -0.25) is 30.6 Å². The number of rotatable bonds is 6. The second-order valence-electron chi connectivity index (χ2n) is 7.18. The zero-order valence-corrected chi connectivity index (χ0v) is 18.3. The number of carbonyl (C=O) groups is 2. The van der Waals surface area contributed by atoms with E-state index in [-0.39, 0.29) is 11.3 Å². The molecule has 166 valence electrons. The molecule has 3 N–H and O–H groups in total. The Kier molecular flexibility index (Phi) is 6.36. The second-order valence-corrected chi connectivity index (χ2v) is 8.15. The van der Waals surface area contributed by atoms with Crippen molar-refractivity contribution in [1.82, 2.24) is 20.8 Å². The van der Waals surface area contributed by atoms with Gasteiger partial charge in [-0.1, -0.05) is 48.2 Å². The SMILES string of the molecule is Cc1cccc(C(=O)NNC(=O)c2ccc(CSc3nc4ccccc4[nH]3)cc2)c1[N+](=O)[O-]. The number of hydrogen-bond acceptors (Lipinski definition) is 6. The van der Waals surface area contributed by atoms with Gasteiger partial charge in [0.05, 0.1) is 16.0 Å². The number of benzene rings is 3. The molecule has 4 aromatic rings. The standard InChI is InChI=1S/C23H19N5O4S/c1-14-5-4-6-17(20(14)28(31)32)22(30)27-26-21(29)16-11-9-15(10-12-16)13-33-23-24-18-7-2-3-8-19(18)25-23/h2-12H,13H2,1H3,(H,24,25)(H,26,29)(H,27,30). The quantitative estimate of drug-likeness (QED) is 0.225. The number of aryl methyl sites for hydroxylation is 1. The third kappa shape index (κ3) is 5.01. The van der Waals surface area contributed by atoms with Crippen LogP contribution in [-0.4, -0.2) is 26.7 Å². The Bertz CT molecular complexity index is 1320. The number of nitro benzene ring substituents is 1. The molecule has 0 spiro atoms. The monoisotopic (exact) mass is 461 g/mol. The molecular formula is C23H19N5O4S. The lowest BCUT2D eigenvalue weighted by molar-refractivity contribution is -0.385. The van der Waals surface area contributed by atoms with Crippen molar-refractivity contribution >= 4 is 40.3 Å². The van der Waals surface area contributed by atoms with Crippen LogP contribution in [-0.2, 0) is 5.75 Å². The Morgan fingerprint density at radius 3 is 2.45 bits per heavy atom. The third-order valence-electron chi connectivity index (χ3n) is 4.91. The van der Waals surface area contributed by atoms with Crippen molar-refractivity contribution in [1.29, 1.82) is 0 Å². The van der Waals surface area contributed by atoms with Crippen LogP contribution >= 0.6 is 11.8 Å². The molecule has 3 aromatic carbocycles. The minimum atomic E-state index is -0.766. The van der Waals surface area contributed by atoms with E-state index in [1.165, 1.54) is 6.07 Å².